The van der Waals surface area contributed by atoms with Gasteiger partial charge < -0.3 is 10.1 Å². The third-order valence-corrected chi connectivity index (χ3v) is 5.20. The molecule has 1 aromatic rings. The molecule has 0 saturated carbocycles. The summed E-state index contributed by atoms with van der Waals surface area (Å²) in [5, 5.41) is 3.42. The first-order chi connectivity index (χ1) is 7.13. The molecule has 0 fully saturated rings. The molecule has 0 amide bonds. The molecule has 0 aliphatic rings. The molecule has 86 valence electrons. The minimum atomic E-state index is 0.557. The maximum Gasteiger partial charge on any atom is 0.0843 e. The maximum absolute atomic E-state index is 5.08. The summed E-state index contributed by atoms with van der Waals surface area (Å²) >= 11 is 8.72. The van der Waals surface area contributed by atoms with Crippen LogP contribution in [0.15, 0.2) is 14.3 Å². The van der Waals surface area contributed by atoms with Crippen LogP contribution in [0.25, 0.3) is 0 Å². The van der Waals surface area contributed by atoms with Crippen LogP contribution in [0.3, 0.4) is 0 Å². The van der Waals surface area contributed by atoms with Gasteiger partial charge in [-0.3, -0.25) is 0 Å². The van der Waals surface area contributed by atoms with E-state index in [9.17, 15) is 0 Å². The highest BCUT2D eigenvalue weighted by Gasteiger charge is 2.05. The Hall–Kier alpha value is 0.580. The first-order valence-electron chi connectivity index (χ1n) is 4.76. The fraction of sp³-hybridized carbons (Fsp3) is 0.600. The minimum Gasteiger partial charge on any atom is -0.384 e. The molecule has 0 radical (unpaired) electrons. The zero-order chi connectivity index (χ0) is 11.3. The third kappa shape index (κ3) is 4.95. The first-order valence-corrected chi connectivity index (χ1v) is 7.17. The molecule has 0 spiro atoms. The van der Waals surface area contributed by atoms with Crippen molar-refractivity contribution < 1.29 is 4.74 Å². The van der Waals surface area contributed by atoms with Crippen LogP contribution in [0.4, 0.5) is 0 Å². The standard InChI is InChI=1S/C10H15Br2NOS/c1-7(6-14-2)4-13-5-8-3-9(11)10(12)15-8/h3,7,13H,4-6H2,1-2H3. The predicted octanol–water partition coefficient (Wildman–Crippen LogP) is 3.65. The van der Waals surface area contributed by atoms with Gasteiger partial charge in [0.15, 0.2) is 0 Å². The van der Waals surface area contributed by atoms with Gasteiger partial charge in [0, 0.05) is 36.2 Å². The third-order valence-electron chi connectivity index (χ3n) is 1.94. The number of rotatable bonds is 6. The second-order valence-corrected chi connectivity index (χ2v) is 6.83. The lowest BCUT2D eigenvalue weighted by atomic mass is 10.2. The van der Waals surface area contributed by atoms with E-state index in [2.05, 4.69) is 50.2 Å². The van der Waals surface area contributed by atoms with E-state index in [1.807, 2.05) is 0 Å². The smallest absolute Gasteiger partial charge is 0.0843 e. The molecule has 2 nitrogen and oxygen atoms in total. The van der Waals surface area contributed by atoms with Gasteiger partial charge >= 0.3 is 0 Å². The van der Waals surface area contributed by atoms with E-state index >= 15 is 0 Å². The number of nitrogens with one attached hydrogen (secondary N) is 1. The molecule has 0 aliphatic heterocycles. The highest BCUT2D eigenvalue weighted by atomic mass is 79.9. The number of methoxy groups -OCH3 is 1. The molecule has 5 heteroatoms. The van der Waals surface area contributed by atoms with Gasteiger partial charge in [-0.1, -0.05) is 6.92 Å². The van der Waals surface area contributed by atoms with Crippen LogP contribution < -0.4 is 5.32 Å². The van der Waals surface area contributed by atoms with E-state index < -0.39 is 0 Å². The Kier molecular flexibility index (Phi) is 6.38. The average Bonchev–Trinajstić information content (AvgIpc) is 2.46. The zero-order valence-electron chi connectivity index (χ0n) is 8.85. The van der Waals surface area contributed by atoms with Crippen molar-refractivity contribution in [2.75, 3.05) is 20.3 Å². The van der Waals surface area contributed by atoms with Crippen molar-refractivity contribution in [3.63, 3.8) is 0 Å². The number of ether oxygens (including phenoxy) is 1. The molecular formula is C10H15Br2NOS. The topological polar surface area (TPSA) is 21.3 Å². The molecule has 0 bridgehead atoms. The summed E-state index contributed by atoms with van der Waals surface area (Å²) < 4.78 is 7.37. The highest BCUT2D eigenvalue weighted by molar-refractivity contribution is 9.13. The Labute approximate surface area is 112 Å². The molecule has 1 atom stereocenters. The van der Waals surface area contributed by atoms with Crippen LogP contribution in [0, 0.1) is 5.92 Å². The van der Waals surface area contributed by atoms with Gasteiger partial charge in [-0.15, -0.1) is 11.3 Å². The Bertz CT molecular complexity index is 284. The lowest BCUT2D eigenvalue weighted by Crippen LogP contribution is -2.22. The van der Waals surface area contributed by atoms with Crippen molar-refractivity contribution in [3.8, 4) is 0 Å². The van der Waals surface area contributed by atoms with Crippen molar-refractivity contribution in [1.82, 2.24) is 5.32 Å². The van der Waals surface area contributed by atoms with Crippen molar-refractivity contribution in [1.29, 1.82) is 0 Å². The van der Waals surface area contributed by atoms with E-state index in [-0.39, 0.29) is 0 Å². The van der Waals surface area contributed by atoms with Gasteiger partial charge in [-0.05, 0) is 43.8 Å². The fourth-order valence-corrected chi connectivity index (χ4v) is 3.41. The normalized spacial score (nSPS) is 13.1. The lowest BCUT2D eigenvalue weighted by Gasteiger charge is -2.10. The van der Waals surface area contributed by atoms with Crippen LogP contribution in [-0.2, 0) is 11.3 Å². The SMILES string of the molecule is COCC(C)CNCc1cc(Br)c(Br)s1. The fourth-order valence-electron chi connectivity index (χ4n) is 1.26. The molecule has 1 rings (SSSR count). The van der Waals surface area contributed by atoms with Crippen LogP contribution in [0.5, 0.6) is 0 Å². The van der Waals surface area contributed by atoms with E-state index in [4.69, 9.17) is 4.74 Å². The largest absolute Gasteiger partial charge is 0.384 e. The van der Waals surface area contributed by atoms with E-state index in [1.165, 1.54) is 4.88 Å². The monoisotopic (exact) mass is 355 g/mol. The summed E-state index contributed by atoms with van der Waals surface area (Å²) in [7, 11) is 1.74. The predicted molar refractivity (Wildman–Crippen MR) is 72.5 cm³/mol. The highest BCUT2D eigenvalue weighted by Crippen LogP contribution is 2.32. The number of hydrogen-bond donors (Lipinski definition) is 1. The van der Waals surface area contributed by atoms with Gasteiger partial charge in [0.05, 0.1) is 3.79 Å². The maximum atomic E-state index is 5.08. The summed E-state index contributed by atoms with van der Waals surface area (Å²) in [5.74, 6) is 0.557. The number of halogens is 2. The molecule has 0 saturated heterocycles. The lowest BCUT2D eigenvalue weighted by molar-refractivity contribution is 0.158. The van der Waals surface area contributed by atoms with Gasteiger partial charge in [-0.2, -0.15) is 0 Å². The van der Waals surface area contributed by atoms with Gasteiger partial charge in [-0.25, -0.2) is 0 Å². The first kappa shape index (κ1) is 13.6. The van der Waals surface area contributed by atoms with Gasteiger partial charge in [0.25, 0.3) is 0 Å². The molecular weight excluding hydrogens is 342 g/mol. The van der Waals surface area contributed by atoms with Crippen molar-refractivity contribution in [2.45, 2.75) is 13.5 Å². The number of hydrogen-bond acceptors (Lipinski definition) is 3. The summed E-state index contributed by atoms with van der Waals surface area (Å²) in [4.78, 5) is 1.33. The summed E-state index contributed by atoms with van der Waals surface area (Å²) in [5.41, 5.74) is 0. The van der Waals surface area contributed by atoms with E-state index in [0.29, 0.717) is 5.92 Å². The molecule has 15 heavy (non-hydrogen) atoms. The van der Waals surface area contributed by atoms with Crippen LogP contribution >= 0.6 is 43.2 Å². The number of thiophene rings is 1. The summed E-state index contributed by atoms with van der Waals surface area (Å²) in [6, 6.07) is 2.14. The second-order valence-electron chi connectivity index (χ2n) is 3.53. The summed E-state index contributed by atoms with van der Waals surface area (Å²) in [6.07, 6.45) is 0. The Morgan fingerprint density at radius 2 is 2.27 bits per heavy atom. The van der Waals surface area contributed by atoms with E-state index in [1.54, 1.807) is 18.4 Å². The van der Waals surface area contributed by atoms with Crippen molar-refractivity contribution in [3.05, 3.63) is 19.2 Å². The minimum absolute atomic E-state index is 0.557. The summed E-state index contributed by atoms with van der Waals surface area (Å²) in [6.45, 7) is 4.89. The van der Waals surface area contributed by atoms with Crippen LogP contribution in [0.1, 0.15) is 11.8 Å². The van der Waals surface area contributed by atoms with Crippen molar-refractivity contribution >= 4 is 43.2 Å². The zero-order valence-corrected chi connectivity index (χ0v) is 12.8. The van der Waals surface area contributed by atoms with Crippen molar-refractivity contribution in [2.24, 2.45) is 5.92 Å². The molecule has 1 aromatic heterocycles. The molecule has 1 heterocycles. The second kappa shape index (κ2) is 7.01. The Balaban J connectivity index is 2.25. The average molecular weight is 357 g/mol. The Morgan fingerprint density at radius 3 is 2.80 bits per heavy atom. The van der Waals surface area contributed by atoms with E-state index in [0.717, 1.165) is 28.0 Å². The Morgan fingerprint density at radius 1 is 1.53 bits per heavy atom. The van der Waals surface area contributed by atoms with Crippen LogP contribution in [0.2, 0.25) is 0 Å². The van der Waals surface area contributed by atoms with Crippen LogP contribution in [-0.4, -0.2) is 20.3 Å². The van der Waals surface area contributed by atoms with Gasteiger partial charge in [0.1, 0.15) is 0 Å². The van der Waals surface area contributed by atoms with Gasteiger partial charge in [0.2, 0.25) is 0 Å². The molecule has 0 aromatic carbocycles. The molecule has 1 N–H and O–H groups in total. The molecule has 0 aliphatic carbocycles. The quantitative estimate of drug-likeness (QED) is 0.840. The molecule has 1 unspecified atom stereocenters.